The second kappa shape index (κ2) is 5.15. The van der Waals surface area contributed by atoms with Crippen LogP contribution in [0.15, 0.2) is 4.99 Å². The van der Waals surface area contributed by atoms with Crippen molar-refractivity contribution in [2.45, 2.75) is 19.9 Å². The third-order valence-electron chi connectivity index (χ3n) is 1.51. The molecule has 0 aromatic heterocycles. The largest absolute Gasteiger partial charge is 0.302 e. The van der Waals surface area contributed by atoms with Crippen LogP contribution in [0.5, 0.6) is 0 Å². The minimum atomic E-state index is 0.516. The van der Waals surface area contributed by atoms with Crippen LogP contribution in [0, 0.1) is 0 Å². The highest BCUT2D eigenvalue weighted by Crippen LogP contribution is 1.91. The number of aliphatic imine (C=N–C) groups is 1. The average molecular weight is 142 g/mol. The van der Waals surface area contributed by atoms with E-state index in [1.54, 1.807) is 0 Å². The van der Waals surface area contributed by atoms with E-state index in [1.165, 1.54) is 6.08 Å². The zero-order valence-electron chi connectivity index (χ0n) is 6.79. The molecular formula is C7H14N2O. The summed E-state index contributed by atoms with van der Waals surface area (Å²) in [5.41, 5.74) is 0. The molecule has 3 nitrogen and oxygen atoms in total. The van der Waals surface area contributed by atoms with Crippen LogP contribution >= 0.6 is 0 Å². The van der Waals surface area contributed by atoms with Crippen molar-refractivity contribution >= 4 is 6.08 Å². The van der Waals surface area contributed by atoms with Crippen molar-refractivity contribution in [3.63, 3.8) is 0 Å². The number of nitrogens with zero attached hydrogens (tertiary/aromatic N) is 2. The molecule has 0 atom stereocenters. The van der Waals surface area contributed by atoms with Gasteiger partial charge in [0.1, 0.15) is 0 Å². The summed E-state index contributed by atoms with van der Waals surface area (Å²) < 4.78 is 0. The number of hydrogen-bond donors (Lipinski definition) is 0. The highest BCUT2D eigenvalue weighted by molar-refractivity contribution is 5.32. The van der Waals surface area contributed by atoms with E-state index in [4.69, 9.17) is 0 Å². The minimum absolute atomic E-state index is 0.516. The summed E-state index contributed by atoms with van der Waals surface area (Å²) in [7, 11) is 2.00. The molecule has 0 spiro atoms. The van der Waals surface area contributed by atoms with Crippen molar-refractivity contribution < 1.29 is 4.79 Å². The lowest BCUT2D eigenvalue weighted by Crippen LogP contribution is -2.28. The molecule has 0 aliphatic rings. The predicted octanol–water partition coefficient (Wildman–Crippen LogP) is 0.662. The molecule has 0 saturated heterocycles. The molecule has 0 rings (SSSR count). The van der Waals surface area contributed by atoms with Gasteiger partial charge in [0.25, 0.3) is 0 Å². The smallest absolute Gasteiger partial charge is 0.234 e. The zero-order chi connectivity index (χ0) is 7.98. The van der Waals surface area contributed by atoms with Gasteiger partial charge in [-0.3, -0.25) is 0 Å². The first-order valence-electron chi connectivity index (χ1n) is 3.42. The first kappa shape index (κ1) is 9.34. The van der Waals surface area contributed by atoms with Gasteiger partial charge in [-0.15, -0.1) is 0 Å². The van der Waals surface area contributed by atoms with E-state index < -0.39 is 0 Å². The Kier molecular flexibility index (Phi) is 4.81. The second-order valence-electron chi connectivity index (χ2n) is 2.55. The third kappa shape index (κ3) is 4.24. The number of rotatable bonds is 4. The summed E-state index contributed by atoms with van der Waals surface area (Å²) in [4.78, 5) is 15.2. The summed E-state index contributed by atoms with van der Waals surface area (Å²) in [5.74, 6) is 0. The molecular weight excluding hydrogens is 128 g/mol. The molecule has 0 unspecified atom stereocenters. The summed E-state index contributed by atoms with van der Waals surface area (Å²) in [5, 5.41) is 0. The number of likely N-dealkylation sites (N-methyl/N-ethyl adjacent to an activating group) is 1. The molecule has 0 aliphatic heterocycles. The maximum absolute atomic E-state index is 9.65. The highest BCUT2D eigenvalue weighted by atomic mass is 16.1. The lowest BCUT2D eigenvalue weighted by atomic mass is 10.3. The Labute approximate surface area is 61.7 Å². The van der Waals surface area contributed by atoms with Crippen LogP contribution in [0.3, 0.4) is 0 Å². The molecule has 0 aliphatic carbocycles. The SMILES string of the molecule is CC(C)N(C)CCN=C=O. The van der Waals surface area contributed by atoms with E-state index in [1.807, 2.05) is 7.05 Å². The molecule has 0 fully saturated rings. The van der Waals surface area contributed by atoms with Gasteiger partial charge < -0.3 is 4.90 Å². The van der Waals surface area contributed by atoms with E-state index in [9.17, 15) is 4.79 Å². The molecule has 0 heterocycles. The van der Waals surface area contributed by atoms with Crippen LogP contribution in [-0.4, -0.2) is 37.2 Å². The molecule has 0 saturated carbocycles. The monoisotopic (exact) mass is 142 g/mol. The summed E-state index contributed by atoms with van der Waals surface area (Å²) in [6, 6.07) is 0.516. The lowest BCUT2D eigenvalue weighted by Gasteiger charge is -2.18. The van der Waals surface area contributed by atoms with Gasteiger partial charge in [-0.05, 0) is 20.9 Å². The third-order valence-corrected chi connectivity index (χ3v) is 1.51. The van der Waals surface area contributed by atoms with E-state index in [2.05, 4.69) is 23.7 Å². The van der Waals surface area contributed by atoms with Crippen LogP contribution in [0.4, 0.5) is 0 Å². The second-order valence-corrected chi connectivity index (χ2v) is 2.55. The average Bonchev–Trinajstić information content (AvgIpc) is 1.88. The van der Waals surface area contributed by atoms with Crippen molar-refractivity contribution in [1.82, 2.24) is 4.90 Å². The number of carbonyl (C=O) groups excluding carboxylic acids is 1. The molecule has 0 radical (unpaired) electrons. The summed E-state index contributed by atoms with van der Waals surface area (Å²) in [6.07, 6.45) is 1.51. The number of isocyanates is 1. The predicted molar refractivity (Wildman–Crippen MR) is 40.8 cm³/mol. The first-order chi connectivity index (χ1) is 4.68. The van der Waals surface area contributed by atoms with Gasteiger partial charge >= 0.3 is 0 Å². The molecule has 0 aromatic carbocycles. The van der Waals surface area contributed by atoms with E-state index in [-0.39, 0.29) is 0 Å². The highest BCUT2D eigenvalue weighted by Gasteiger charge is 1.99. The standard InChI is InChI=1S/C7H14N2O/c1-7(2)9(3)5-4-8-6-10/h7H,4-5H2,1-3H3. The fourth-order valence-electron chi connectivity index (χ4n) is 0.512. The molecule has 0 N–H and O–H groups in total. The van der Waals surface area contributed by atoms with Crippen molar-refractivity contribution in [2.75, 3.05) is 20.1 Å². The van der Waals surface area contributed by atoms with Gasteiger partial charge in [0, 0.05) is 12.6 Å². The van der Waals surface area contributed by atoms with Crippen molar-refractivity contribution in [2.24, 2.45) is 4.99 Å². The van der Waals surface area contributed by atoms with Crippen LogP contribution < -0.4 is 0 Å². The van der Waals surface area contributed by atoms with Gasteiger partial charge in [-0.2, -0.15) is 0 Å². The lowest BCUT2D eigenvalue weighted by molar-refractivity contribution is 0.282. The first-order valence-corrected chi connectivity index (χ1v) is 3.42. The van der Waals surface area contributed by atoms with Gasteiger partial charge in [-0.1, -0.05) is 0 Å². The van der Waals surface area contributed by atoms with Crippen LogP contribution in [0.1, 0.15) is 13.8 Å². The van der Waals surface area contributed by atoms with Gasteiger partial charge in [0.15, 0.2) is 0 Å². The van der Waals surface area contributed by atoms with Crippen molar-refractivity contribution in [3.8, 4) is 0 Å². The van der Waals surface area contributed by atoms with Gasteiger partial charge in [0.05, 0.1) is 6.54 Å². The molecule has 0 bridgehead atoms. The number of hydrogen-bond acceptors (Lipinski definition) is 3. The quantitative estimate of drug-likeness (QED) is 0.426. The van der Waals surface area contributed by atoms with E-state index in [0.29, 0.717) is 12.6 Å². The molecule has 0 aromatic rings. The van der Waals surface area contributed by atoms with Gasteiger partial charge in [0.2, 0.25) is 6.08 Å². The normalized spacial score (nSPS) is 10.1. The molecule has 58 valence electrons. The Morgan fingerprint density at radius 2 is 2.20 bits per heavy atom. The zero-order valence-corrected chi connectivity index (χ0v) is 6.79. The topological polar surface area (TPSA) is 32.7 Å². The summed E-state index contributed by atoms with van der Waals surface area (Å²) in [6.45, 7) is 5.58. The van der Waals surface area contributed by atoms with E-state index >= 15 is 0 Å². The fourth-order valence-corrected chi connectivity index (χ4v) is 0.512. The van der Waals surface area contributed by atoms with Crippen LogP contribution in [0.25, 0.3) is 0 Å². The molecule has 3 heteroatoms. The summed E-state index contributed by atoms with van der Waals surface area (Å²) >= 11 is 0. The Balaban J connectivity index is 3.39. The fraction of sp³-hybridized carbons (Fsp3) is 0.857. The maximum atomic E-state index is 9.65. The van der Waals surface area contributed by atoms with Gasteiger partial charge in [-0.25, -0.2) is 9.79 Å². The Hall–Kier alpha value is -0.660. The molecule has 0 amide bonds. The Morgan fingerprint density at radius 3 is 2.60 bits per heavy atom. The van der Waals surface area contributed by atoms with Crippen LogP contribution in [0.2, 0.25) is 0 Å². The molecule has 10 heavy (non-hydrogen) atoms. The Morgan fingerprint density at radius 1 is 1.60 bits per heavy atom. The maximum Gasteiger partial charge on any atom is 0.234 e. The van der Waals surface area contributed by atoms with E-state index in [0.717, 1.165) is 6.54 Å². The van der Waals surface area contributed by atoms with Crippen LogP contribution in [-0.2, 0) is 4.79 Å². The Bertz CT molecular complexity index is 128. The van der Waals surface area contributed by atoms with Crippen molar-refractivity contribution in [3.05, 3.63) is 0 Å². The van der Waals surface area contributed by atoms with Crippen molar-refractivity contribution in [1.29, 1.82) is 0 Å². The minimum Gasteiger partial charge on any atom is -0.302 e.